The van der Waals surface area contributed by atoms with Gasteiger partial charge in [0.1, 0.15) is 23.4 Å². The summed E-state index contributed by atoms with van der Waals surface area (Å²) in [6, 6.07) is 3.57. The number of oxazole rings is 1. The van der Waals surface area contributed by atoms with Crippen LogP contribution in [0, 0.1) is 6.92 Å². The molecular weight excluding hydrogens is 268 g/mol. The van der Waals surface area contributed by atoms with Gasteiger partial charge < -0.3 is 13.4 Å². The highest BCUT2D eigenvalue weighted by Crippen LogP contribution is 2.25. The summed E-state index contributed by atoms with van der Waals surface area (Å²) in [4.78, 5) is 8.68. The molecule has 6 nitrogen and oxygen atoms in total. The summed E-state index contributed by atoms with van der Waals surface area (Å²) in [6.07, 6.45) is 7.06. The monoisotopic (exact) mass is 286 g/mol. The van der Waals surface area contributed by atoms with Gasteiger partial charge >= 0.3 is 0 Å². The predicted octanol–water partition coefficient (Wildman–Crippen LogP) is 2.75. The minimum absolute atomic E-state index is 0.0644. The highest BCUT2D eigenvalue weighted by molar-refractivity contribution is 5.16. The molecule has 2 unspecified atom stereocenters. The van der Waals surface area contributed by atoms with Gasteiger partial charge in [-0.15, -0.1) is 0 Å². The first-order chi connectivity index (χ1) is 10.1. The Kier molecular flexibility index (Phi) is 3.62. The van der Waals surface area contributed by atoms with Crippen molar-refractivity contribution in [3.05, 3.63) is 60.2 Å². The molecule has 3 aromatic heterocycles. The van der Waals surface area contributed by atoms with Gasteiger partial charge in [-0.2, -0.15) is 0 Å². The normalized spacial score (nSPS) is 14.2. The predicted molar refractivity (Wildman–Crippen MR) is 76.5 cm³/mol. The maximum Gasteiger partial charge on any atom is 0.211 e. The van der Waals surface area contributed by atoms with Crippen LogP contribution in [-0.4, -0.2) is 14.5 Å². The largest absolute Gasteiger partial charge is 0.467 e. The molecule has 0 spiro atoms. The van der Waals surface area contributed by atoms with E-state index in [1.165, 1.54) is 0 Å². The van der Waals surface area contributed by atoms with Crippen LogP contribution in [0.15, 0.2) is 45.8 Å². The Labute approximate surface area is 122 Å². The number of rotatable bonds is 5. The zero-order valence-corrected chi connectivity index (χ0v) is 12.3. The molecule has 1 N–H and O–H groups in total. The molecule has 0 saturated carbocycles. The Hall–Kier alpha value is -2.34. The van der Waals surface area contributed by atoms with Crippen LogP contribution in [-0.2, 0) is 7.05 Å². The molecule has 0 fully saturated rings. The lowest BCUT2D eigenvalue weighted by Crippen LogP contribution is -2.27. The lowest BCUT2D eigenvalue weighted by molar-refractivity contribution is 0.354. The van der Waals surface area contributed by atoms with Crippen LogP contribution in [0.1, 0.15) is 42.2 Å². The summed E-state index contributed by atoms with van der Waals surface area (Å²) >= 11 is 0. The second-order valence-electron chi connectivity index (χ2n) is 5.04. The van der Waals surface area contributed by atoms with Gasteiger partial charge in [0.05, 0.1) is 18.5 Å². The van der Waals surface area contributed by atoms with Gasteiger partial charge in [-0.05, 0) is 26.0 Å². The molecule has 0 radical (unpaired) electrons. The van der Waals surface area contributed by atoms with E-state index in [4.69, 9.17) is 8.83 Å². The number of nitrogens with zero attached hydrogens (tertiary/aromatic N) is 3. The quantitative estimate of drug-likeness (QED) is 0.781. The molecule has 3 heterocycles. The van der Waals surface area contributed by atoms with Gasteiger partial charge in [0.15, 0.2) is 0 Å². The van der Waals surface area contributed by atoms with Crippen LogP contribution < -0.4 is 5.32 Å². The minimum atomic E-state index is -0.165. The van der Waals surface area contributed by atoms with E-state index < -0.39 is 0 Å². The number of aromatic nitrogens is 3. The van der Waals surface area contributed by atoms with E-state index in [0.717, 1.165) is 17.3 Å². The molecule has 3 aromatic rings. The Balaban J connectivity index is 1.88. The molecule has 21 heavy (non-hydrogen) atoms. The van der Waals surface area contributed by atoms with Gasteiger partial charge in [0, 0.05) is 19.4 Å². The summed E-state index contributed by atoms with van der Waals surface area (Å²) < 4.78 is 13.1. The first-order valence-corrected chi connectivity index (χ1v) is 6.84. The molecule has 0 aromatic carbocycles. The zero-order chi connectivity index (χ0) is 14.8. The number of aryl methyl sites for hydroxylation is 2. The molecule has 0 bridgehead atoms. The van der Waals surface area contributed by atoms with Crippen LogP contribution >= 0.6 is 0 Å². The molecule has 3 rings (SSSR count). The van der Waals surface area contributed by atoms with Crippen molar-refractivity contribution in [2.75, 3.05) is 0 Å². The third-order valence-electron chi connectivity index (χ3n) is 3.37. The second-order valence-corrected chi connectivity index (χ2v) is 5.04. The van der Waals surface area contributed by atoms with Crippen LogP contribution in [0.5, 0.6) is 0 Å². The first kappa shape index (κ1) is 13.6. The Bertz CT molecular complexity index is 699. The molecule has 110 valence electrons. The van der Waals surface area contributed by atoms with Gasteiger partial charge in [0.25, 0.3) is 0 Å². The summed E-state index contributed by atoms with van der Waals surface area (Å²) in [7, 11) is 1.96. The van der Waals surface area contributed by atoms with E-state index in [9.17, 15) is 0 Å². The maximum atomic E-state index is 5.58. The van der Waals surface area contributed by atoms with Crippen molar-refractivity contribution in [2.24, 2.45) is 7.05 Å². The summed E-state index contributed by atoms with van der Waals surface area (Å²) in [5.74, 6) is 3.13. The zero-order valence-electron chi connectivity index (χ0n) is 12.3. The Morgan fingerprint density at radius 3 is 2.76 bits per heavy atom. The smallest absolute Gasteiger partial charge is 0.211 e. The third-order valence-corrected chi connectivity index (χ3v) is 3.37. The van der Waals surface area contributed by atoms with Crippen LogP contribution in [0.2, 0.25) is 0 Å². The van der Waals surface area contributed by atoms with Gasteiger partial charge in [0.2, 0.25) is 5.89 Å². The Morgan fingerprint density at radius 2 is 2.19 bits per heavy atom. The number of hydrogen-bond acceptors (Lipinski definition) is 5. The fraction of sp³-hybridized carbons (Fsp3) is 0.333. The summed E-state index contributed by atoms with van der Waals surface area (Å²) in [5.41, 5.74) is 0. The molecule has 2 atom stereocenters. The van der Waals surface area contributed by atoms with Gasteiger partial charge in [-0.1, -0.05) is 0 Å². The van der Waals surface area contributed by atoms with Crippen molar-refractivity contribution >= 4 is 0 Å². The van der Waals surface area contributed by atoms with Crippen molar-refractivity contribution < 1.29 is 8.83 Å². The molecule has 0 aliphatic heterocycles. The fourth-order valence-electron chi connectivity index (χ4n) is 2.29. The SMILES string of the molecule is Cc1cnc(C(C)NC(c2ccco2)c2nccn2C)o1. The lowest BCUT2D eigenvalue weighted by Gasteiger charge is -2.19. The van der Waals surface area contributed by atoms with Crippen molar-refractivity contribution in [3.63, 3.8) is 0 Å². The van der Waals surface area contributed by atoms with Crippen LogP contribution in [0.3, 0.4) is 0 Å². The highest BCUT2D eigenvalue weighted by atomic mass is 16.4. The van der Waals surface area contributed by atoms with Gasteiger partial charge in [-0.25, -0.2) is 9.97 Å². The summed E-state index contributed by atoms with van der Waals surface area (Å²) in [6.45, 7) is 3.89. The van der Waals surface area contributed by atoms with Crippen LogP contribution in [0.4, 0.5) is 0 Å². The number of hydrogen-bond donors (Lipinski definition) is 1. The van der Waals surface area contributed by atoms with E-state index in [1.54, 1.807) is 18.7 Å². The lowest BCUT2D eigenvalue weighted by atomic mass is 10.1. The maximum absolute atomic E-state index is 5.58. The molecule has 0 aliphatic rings. The average molecular weight is 286 g/mol. The fourth-order valence-corrected chi connectivity index (χ4v) is 2.29. The number of furan rings is 1. The van der Waals surface area contributed by atoms with E-state index in [0.29, 0.717) is 5.89 Å². The number of nitrogens with one attached hydrogen (secondary N) is 1. The van der Waals surface area contributed by atoms with Crippen molar-refractivity contribution in [1.82, 2.24) is 19.9 Å². The molecule has 0 aliphatic carbocycles. The third kappa shape index (κ3) is 2.75. The second kappa shape index (κ2) is 5.57. The first-order valence-electron chi connectivity index (χ1n) is 6.84. The minimum Gasteiger partial charge on any atom is -0.467 e. The van der Waals surface area contributed by atoms with Crippen molar-refractivity contribution in [2.45, 2.75) is 25.9 Å². The molecule has 0 amide bonds. The van der Waals surface area contributed by atoms with Crippen LogP contribution in [0.25, 0.3) is 0 Å². The average Bonchev–Trinajstić information content (AvgIpc) is 3.17. The van der Waals surface area contributed by atoms with E-state index in [2.05, 4.69) is 15.3 Å². The van der Waals surface area contributed by atoms with Crippen molar-refractivity contribution in [3.8, 4) is 0 Å². The highest BCUT2D eigenvalue weighted by Gasteiger charge is 2.24. The van der Waals surface area contributed by atoms with E-state index >= 15 is 0 Å². The molecular formula is C15H18N4O2. The number of imidazole rings is 1. The van der Waals surface area contributed by atoms with E-state index in [-0.39, 0.29) is 12.1 Å². The topological polar surface area (TPSA) is 69.0 Å². The molecule has 6 heteroatoms. The van der Waals surface area contributed by atoms with E-state index in [1.807, 2.05) is 43.8 Å². The standard InChI is InChI=1S/C15H18N4O2/c1-10-9-17-15(21-10)11(2)18-13(12-5-4-8-20-12)14-16-6-7-19(14)3/h4-9,11,13,18H,1-3H3. The Morgan fingerprint density at radius 1 is 1.33 bits per heavy atom. The molecule has 0 saturated heterocycles. The summed E-state index contributed by atoms with van der Waals surface area (Å²) in [5, 5.41) is 3.46. The van der Waals surface area contributed by atoms with Crippen molar-refractivity contribution in [1.29, 1.82) is 0 Å². The van der Waals surface area contributed by atoms with Gasteiger partial charge in [-0.3, -0.25) is 5.32 Å².